The molecular weight excluding hydrogens is 212 g/mol. The van der Waals surface area contributed by atoms with E-state index in [1.807, 2.05) is 6.26 Å². The molecule has 0 aliphatic carbocycles. The molecule has 15 heavy (non-hydrogen) atoms. The van der Waals surface area contributed by atoms with Gasteiger partial charge in [-0.3, -0.25) is 4.40 Å². The van der Waals surface area contributed by atoms with Crippen LogP contribution in [0.1, 0.15) is 16.2 Å². The smallest absolute Gasteiger partial charge is 0.352 e. The van der Waals surface area contributed by atoms with E-state index in [0.29, 0.717) is 5.65 Å². The summed E-state index contributed by atoms with van der Waals surface area (Å²) in [6.07, 6.45) is 3.70. The van der Waals surface area contributed by atoms with Crippen molar-refractivity contribution >= 4 is 23.4 Å². The normalized spacial score (nSPS) is 10.7. The van der Waals surface area contributed by atoms with Crippen LogP contribution in [0.5, 0.6) is 0 Å². The Balaban J connectivity index is 2.69. The molecule has 0 fully saturated rings. The third-order valence-corrected chi connectivity index (χ3v) is 2.70. The van der Waals surface area contributed by atoms with Crippen LogP contribution in [0.4, 0.5) is 0 Å². The number of hydrogen-bond donors (Lipinski definition) is 1. The van der Waals surface area contributed by atoms with E-state index in [1.165, 1.54) is 0 Å². The lowest BCUT2D eigenvalue weighted by atomic mass is 10.3. The summed E-state index contributed by atoms with van der Waals surface area (Å²) in [5.74, 6) is -0.174. The lowest BCUT2D eigenvalue weighted by Gasteiger charge is -2.03. The van der Waals surface area contributed by atoms with Gasteiger partial charge in [0.2, 0.25) is 0 Å². The summed E-state index contributed by atoms with van der Waals surface area (Å²) >= 11 is 1.64. The van der Waals surface area contributed by atoms with Crippen LogP contribution in [0.3, 0.4) is 0 Å². The Morgan fingerprint density at radius 3 is 3.07 bits per heavy atom. The van der Waals surface area contributed by atoms with Crippen molar-refractivity contribution in [3.63, 3.8) is 0 Å². The van der Waals surface area contributed by atoms with Gasteiger partial charge in [0.15, 0.2) is 0 Å². The number of hydrogen-bond acceptors (Lipinski definition) is 3. The fourth-order valence-corrected chi connectivity index (χ4v) is 2.01. The molecule has 2 heterocycles. The van der Waals surface area contributed by atoms with E-state index in [2.05, 4.69) is 4.98 Å². The quantitative estimate of drug-likeness (QED) is 0.861. The molecule has 78 valence electrons. The molecule has 0 radical (unpaired) electrons. The van der Waals surface area contributed by atoms with Crippen LogP contribution in [-0.4, -0.2) is 26.7 Å². The van der Waals surface area contributed by atoms with Gasteiger partial charge < -0.3 is 5.11 Å². The topological polar surface area (TPSA) is 54.6 Å². The van der Waals surface area contributed by atoms with Gasteiger partial charge in [-0.05, 0) is 18.4 Å². The maximum absolute atomic E-state index is 11.0. The highest BCUT2D eigenvalue weighted by atomic mass is 32.2. The van der Waals surface area contributed by atoms with E-state index >= 15 is 0 Å². The molecule has 0 amide bonds. The Hall–Kier alpha value is -1.49. The molecule has 2 aromatic heterocycles. The summed E-state index contributed by atoms with van der Waals surface area (Å²) in [5, 5.41) is 9.04. The maximum atomic E-state index is 11.0. The Kier molecular flexibility index (Phi) is 2.64. The Morgan fingerprint density at radius 2 is 2.40 bits per heavy atom. The second kappa shape index (κ2) is 3.94. The van der Waals surface area contributed by atoms with Crippen LogP contribution in [-0.2, 0) is 5.75 Å². The molecule has 5 heteroatoms. The summed E-state index contributed by atoms with van der Waals surface area (Å²) in [6, 6.07) is 5.09. The van der Waals surface area contributed by atoms with E-state index in [-0.39, 0.29) is 5.69 Å². The van der Waals surface area contributed by atoms with Crippen molar-refractivity contribution in [2.24, 2.45) is 0 Å². The molecule has 0 aromatic carbocycles. The SMILES string of the molecule is CSCc1cnc2cccc(C(=O)O)n12. The molecule has 0 saturated carbocycles. The van der Waals surface area contributed by atoms with Gasteiger partial charge in [0.25, 0.3) is 0 Å². The number of carbonyl (C=O) groups is 1. The fourth-order valence-electron chi connectivity index (χ4n) is 1.52. The first kappa shape index (κ1) is 10.0. The van der Waals surface area contributed by atoms with E-state index in [0.717, 1.165) is 11.4 Å². The third kappa shape index (κ3) is 1.70. The zero-order chi connectivity index (χ0) is 10.8. The first-order valence-electron chi connectivity index (χ1n) is 4.41. The zero-order valence-corrected chi connectivity index (χ0v) is 8.99. The standard InChI is InChI=1S/C10H10N2O2S/c1-15-6-7-5-11-9-4-2-3-8(10(13)14)12(7)9/h2-5H,6H2,1H3,(H,13,14). The number of carboxylic acids is 1. The fraction of sp³-hybridized carbons (Fsp3) is 0.200. The van der Waals surface area contributed by atoms with Gasteiger partial charge in [0.05, 0.1) is 11.9 Å². The van der Waals surface area contributed by atoms with Gasteiger partial charge in [0, 0.05) is 5.75 Å². The first-order valence-corrected chi connectivity index (χ1v) is 5.81. The van der Waals surface area contributed by atoms with Gasteiger partial charge in [-0.15, -0.1) is 0 Å². The van der Waals surface area contributed by atoms with E-state index < -0.39 is 5.97 Å². The van der Waals surface area contributed by atoms with Crippen LogP contribution in [0.15, 0.2) is 24.4 Å². The summed E-state index contributed by atoms with van der Waals surface area (Å²) in [5.41, 5.74) is 1.85. The van der Waals surface area contributed by atoms with E-state index in [1.54, 1.807) is 40.6 Å². The monoisotopic (exact) mass is 222 g/mol. The highest BCUT2D eigenvalue weighted by Crippen LogP contribution is 2.14. The average Bonchev–Trinajstić information content (AvgIpc) is 2.62. The molecule has 0 spiro atoms. The van der Waals surface area contributed by atoms with Crippen molar-refractivity contribution in [1.82, 2.24) is 9.38 Å². The van der Waals surface area contributed by atoms with Crippen LogP contribution in [0.25, 0.3) is 5.65 Å². The van der Waals surface area contributed by atoms with Gasteiger partial charge in [-0.2, -0.15) is 11.8 Å². The summed E-state index contributed by atoms with van der Waals surface area (Å²) in [7, 11) is 0. The molecular formula is C10H10N2O2S. The predicted octanol–water partition coefficient (Wildman–Crippen LogP) is 1.90. The van der Waals surface area contributed by atoms with Crippen molar-refractivity contribution in [3.8, 4) is 0 Å². The number of rotatable bonds is 3. The van der Waals surface area contributed by atoms with Crippen molar-refractivity contribution in [1.29, 1.82) is 0 Å². The van der Waals surface area contributed by atoms with Crippen LogP contribution in [0.2, 0.25) is 0 Å². The van der Waals surface area contributed by atoms with Crippen LogP contribution < -0.4 is 0 Å². The Morgan fingerprint density at radius 1 is 1.60 bits per heavy atom. The lowest BCUT2D eigenvalue weighted by molar-refractivity contribution is 0.0688. The van der Waals surface area contributed by atoms with Crippen LogP contribution >= 0.6 is 11.8 Å². The van der Waals surface area contributed by atoms with Gasteiger partial charge in [0.1, 0.15) is 11.3 Å². The molecule has 2 rings (SSSR count). The molecule has 0 bridgehead atoms. The molecule has 1 N–H and O–H groups in total. The molecule has 0 saturated heterocycles. The molecule has 0 unspecified atom stereocenters. The number of imidazole rings is 1. The predicted molar refractivity (Wildman–Crippen MR) is 59.4 cm³/mol. The third-order valence-electron chi connectivity index (χ3n) is 2.11. The number of carboxylic acid groups (broad SMARTS) is 1. The molecule has 2 aromatic rings. The highest BCUT2D eigenvalue weighted by Gasteiger charge is 2.11. The van der Waals surface area contributed by atoms with Gasteiger partial charge in [-0.1, -0.05) is 6.07 Å². The number of nitrogens with zero attached hydrogens (tertiary/aromatic N) is 2. The van der Waals surface area contributed by atoms with Crippen molar-refractivity contribution in [2.45, 2.75) is 5.75 Å². The van der Waals surface area contributed by atoms with Crippen molar-refractivity contribution in [2.75, 3.05) is 6.26 Å². The second-order valence-electron chi connectivity index (χ2n) is 3.09. The molecule has 0 aliphatic rings. The molecule has 0 aliphatic heterocycles. The van der Waals surface area contributed by atoms with Gasteiger partial charge >= 0.3 is 5.97 Å². The number of pyridine rings is 1. The number of fused-ring (bicyclic) bond motifs is 1. The summed E-state index contributed by atoms with van der Waals surface area (Å²) in [6.45, 7) is 0. The molecule has 4 nitrogen and oxygen atoms in total. The van der Waals surface area contributed by atoms with E-state index in [4.69, 9.17) is 5.11 Å². The maximum Gasteiger partial charge on any atom is 0.352 e. The van der Waals surface area contributed by atoms with Crippen molar-refractivity contribution < 1.29 is 9.90 Å². The molecule has 0 atom stereocenters. The Bertz CT molecular complexity index is 507. The van der Waals surface area contributed by atoms with Crippen LogP contribution in [0, 0.1) is 0 Å². The highest BCUT2D eigenvalue weighted by molar-refractivity contribution is 7.97. The minimum atomic E-state index is -0.930. The Labute approximate surface area is 90.9 Å². The summed E-state index contributed by atoms with van der Waals surface area (Å²) in [4.78, 5) is 15.2. The van der Waals surface area contributed by atoms with Crippen molar-refractivity contribution in [3.05, 3.63) is 35.8 Å². The van der Waals surface area contributed by atoms with Gasteiger partial charge in [-0.25, -0.2) is 9.78 Å². The second-order valence-corrected chi connectivity index (χ2v) is 3.96. The van der Waals surface area contributed by atoms with E-state index in [9.17, 15) is 4.79 Å². The first-order chi connectivity index (χ1) is 7.24. The summed E-state index contributed by atoms with van der Waals surface area (Å²) < 4.78 is 1.68. The number of thioether (sulfide) groups is 1. The lowest BCUT2D eigenvalue weighted by Crippen LogP contribution is -2.06. The average molecular weight is 222 g/mol. The zero-order valence-electron chi connectivity index (χ0n) is 8.17. The number of aromatic carboxylic acids is 1. The number of aromatic nitrogens is 2. The largest absolute Gasteiger partial charge is 0.477 e. The minimum absolute atomic E-state index is 0.258. The minimum Gasteiger partial charge on any atom is -0.477 e.